The summed E-state index contributed by atoms with van der Waals surface area (Å²) in [5.74, 6) is -0.481. The quantitative estimate of drug-likeness (QED) is 0.288. The minimum atomic E-state index is -0.481. The fourth-order valence-corrected chi connectivity index (χ4v) is 4.82. The number of primary amides is 1. The Hall–Kier alpha value is -2.98. The molecule has 0 saturated carbocycles. The van der Waals surface area contributed by atoms with Crippen molar-refractivity contribution in [2.24, 2.45) is 5.73 Å². The third kappa shape index (κ3) is 3.53. The number of halogens is 3. The number of nitrogens with zero attached hydrogens (tertiary/aromatic N) is 1. The fraction of sp³-hybridized carbons (Fsp3) is 0.0385. The molecule has 1 aromatic heterocycles. The van der Waals surface area contributed by atoms with E-state index in [1.807, 2.05) is 54.6 Å². The van der Waals surface area contributed by atoms with Crippen molar-refractivity contribution in [2.75, 3.05) is 0 Å². The summed E-state index contributed by atoms with van der Waals surface area (Å²) in [6.45, 7) is 0.521. The van der Waals surface area contributed by atoms with E-state index in [0.717, 1.165) is 38.5 Å². The van der Waals surface area contributed by atoms with E-state index >= 15 is 0 Å². The molecule has 0 saturated heterocycles. The molecule has 157 valence electrons. The summed E-state index contributed by atoms with van der Waals surface area (Å²) >= 11 is 19.0. The van der Waals surface area contributed by atoms with Crippen molar-refractivity contribution in [2.45, 2.75) is 6.54 Å². The number of aromatic nitrogens is 1. The van der Waals surface area contributed by atoms with Gasteiger partial charge in [0, 0.05) is 43.5 Å². The molecule has 6 heteroatoms. The van der Waals surface area contributed by atoms with Crippen LogP contribution < -0.4 is 5.73 Å². The zero-order valence-electron chi connectivity index (χ0n) is 16.7. The van der Waals surface area contributed by atoms with E-state index in [-0.39, 0.29) is 0 Å². The number of amides is 1. The minimum Gasteiger partial charge on any atom is -0.366 e. The second kappa shape index (κ2) is 8.18. The highest BCUT2D eigenvalue weighted by Gasteiger charge is 2.18. The summed E-state index contributed by atoms with van der Waals surface area (Å²) in [5.41, 5.74) is 10.6. The zero-order valence-corrected chi connectivity index (χ0v) is 19.0. The van der Waals surface area contributed by atoms with Crippen LogP contribution in [0.3, 0.4) is 0 Å². The van der Waals surface area contributed by atoms with Gasteiger partial charge in [-0.3, -0.25) is 4.79 Å². The smallest absolute Gasteiger partial charge is 0.249 e. The van der Waals surface area contributed by atoms with Gasteiger partial charge in [0.15, 0.2) is 0 Å². The normalized spacial score (nSPS) is 11.3. The van der Waals surface area contributed by atoms with Gasteiger partial charge in [-0.05, 0) is 59.7 Å². The van der Waals surface area contributed by atoms with Crippen molar-refractivity contribution in [3.05, 3.63) is 105 Å². The molecule has 32 heavy (non-hydrogen) atoms. The lowest BCUT2D eigenvalue weighted by molar-refractivity contribution is 0.100. The van der Waals surface area contributed by atoms with Crippen molar-refractivity contribution in [3.63, 3.8) is 0 Å². The lowest BCUT2D eigenvalue weighted by Gasteiger charge is -2.11. The van der Waals surface area contributed by atoms with E-state index in [1.54, 1.807) is 18.2 Å². The maximum Gasteiger partial charge on any atom is 0.249 e. The summed E-state index contributed by atoms with van der Waals surface area (Å²) in [6.07, 6.45) is 0. The van der Waals surface area contributed by atoms with Crippen LogP contribution in [0.25, 0.3) is 32.9 Å². The molecule has 5 rings (SSSR count). The van der Waals surface area contributed by atoms with Crippen LogP contribution >= 0.6 is 34.8 Å². The molecule has 0 bridgehead atoms. The summed E-state index contributed by atoms with van der Waals surface area (Å²) in [7, 11) is 0. The molecule has 2 N–H and O–H groups in total. The number of rotatable bonds is 4. The lowest BCUT2D eigenvalue weighted by atomic mass is 10.0. The van der Waals surface area contributed by atoms with Crippen LogP contribution in [0.15, 0.2) is 72.8 Å². The Balaban J connectivity index is 1.82. The van der Waals surface area contributed by atoms with Gasteiger partial charge in [-0.2, -0.15) is 0 Å². The number of hydrogen-bond acceptors (Lipinski definition) is 1. The maximum atomic E-state index is 12.2. The molecule has 3 nitrogen and oxygen atoms in total. The van der Waals surface area contributed by atoms with E-state index in [2.05, 4.69) is 10.6 Å². The average molecular weight is 479 g/mol. The van der Waals surface area contributed by atoms with Gasteiger partial charge in [0.2, 0.25) is 5.91 Å². The van der Waals surface area contributed by atoms with Crippen LogP contribution in [0.5, 0.6) is 0 Å². The van der Waals surface area contributed by atoms with Crippen LogP contribution in [0, 0.1) is 6.07 Å². The van der Waals surface area contributed by atoms with Gasteiger partial charge in [-0.25, -0.2) is 0 Å². The van der Waals surface area contributed by atoms with Gasteiger partial charge in [0.25, 0.3) is 0 Å². The predicted octanol–water partition coefficient (Wildman–Crippen LogP) is 7.37. The van der Waals surface area contributed by atoms with Crippen molar-refractivity contribution in [1.29, 1.82) is 0 Å². The summed E-state index contributed by atoms with van der Waals surface area (Å²) in [5, 5.41) is 3.39. The Morgan fingerprint density at radius 2 is 1.72 bits per heavy atom. The standard InChI is InChI=1S/C26H16Cl3N2O/c27-17-9-11-18(22(29)13-17)15-8-10-19-24(12-15)31(14-16-4-1-2-6-21(16)28)23-7-3-5-20(25(19)23)26(30)32/h1-9,11-13H,14H2,(H2,30,32). The third-order valence-electron chi connectivity index (χ3n) is 5.59. The first-order valence-electron chi connectivity index (χ1n) is 9.89. The highest BCUT2D eigenvalue weighted by Crippen LogP contribution is 2.37. The SMILES string of the molecule is NC(=O)c1cccc2c1c1[c]cc(-c3ccc(Cl)cc3Cl)cc1n2Cc1ccccc1Cl. The molecule has 1 heterocycles. The Labute approximate surface area is 199 Å². The number of benzene rings is 4. The molecule has 0 aliphatic heterocycles. The van der Waals surface area contributed by atoms with Crippen molar-refractivity contribution in [3.8, 4) is 11.1 Å². The number of carbonyl (C=O) groups is 1. The molecule has 0 aliphatic rings. The fourth-order valence-electron chi connectivity index (χ4n) is 4.11. The van der Waals surface area contributed by atoms with Gasteiger partial charge < -0.3 is 10.3 Å². The van der Waals surface area contributed by atoms with Crippen LogP contribution in [0.4, 0.5) is 0 Å². The van der Waals surface area contributed by atoms with E-state index in [0.29, 0.717) is 27.2 Å². The van der Waals surface area contributed by atoms with Crippen molar-refractivity contribution in [1.82, 2.24) is 4.57 Å². The predicted molar refractivity (Wildman–Crippen MR) is 133 cm³/mol. The van der Waals surface area contributed by atoms with Crippen LogP contribution in [0.2, 0.25) is 15.1 Å². The molecule has 0 atom stereocenters. The molecule has 4 aromatic carbocycles. The van der Waals surface area contributed by atoms with Gasteiger partial charge >= 0.3 is 0 Å². The van der Waals surface area contributed by atoms with Crippen molar-refractivity contribution < 1.29 is 4.79 Å². The molecule has 1 radical (unpaired) electrons. The Morgan fingerprint density at radius 3 is 2.47 bits per heavy atom. The summed E-state index contributed by atoms with van der Waals surface area (Å²) < 4.78 is 2.13. The first kappa shape index (κ1) is 20.9. The minimum absolute atomic E-state index is 0.457. The summed E-state index contributed by atoms with van der Waals surface area (Å²) in [4.78, 5) is 12.2. The van der Waals surface area contributed by atoms with Crippen LogP contribution in [0.1, 0.15) is 15.9 Å². The van der Waals surface area contributed by atoms with Gasteiger partial charge in [-0.1, -0.05) is 65.1 Å². The molecular weight excluding hydrogens is 463 g/mol. The average Bonchev–Trinajstić information content (AvgIpc) is 3.08. The molecule has 0 fully saturated rings. The van der Waals surface area contributed by atoms with Gasteiger partial charge in [0.1, 0.15) is 0 Å². The Kier molecular flexibility index (Phi) is 5.34. The largest absolute Gasteiger partial charge is 0.366 e. The van der Waals surface area contributed by atoms with Crippen molar-refractivity contribution >= 4 is 62.5 Å². The molecule has 1 amide bonds. The van der Waals surface area contributed by atoms with E-state index in [9.17, 15) is 4.79 Å². The second-order valence-electron chi connectivity index (χ2n) is 7.51. The monoisotopic (exact) mass is 477 g/mol. The molecule has 0 spiro atoms. The van der Waals surface area contributed by atoms with Crippen LogP contribution in [-0.4, -0.2) is 10.5 Å². The molecule has 0 aliphatic carbocycles. The molecular formula is C26H16Cl3N2O. The summed E-state index contributed by atoms with van der Waals surface area (Å²) in [6, 6.07) is 25.9. The first-order valence-corrected chi connectivity index (χ1v) is 11.0. The lowest BCUT2D eigenvalue weighted by Crippen LogP contribution is -2.11. The van der Waals surface area contributed by atoms with E-state index < -0.39 is 5.91 Å². The van der Waals surface area contributed by atoms with E-state index in [4.69, 9.17) is 40.5 Å². The number of carbonyl (C=O) groups excluding carboxylic acids is 1. The highest BCUT2D eigenvalue weighted by molar-refractivity contribution is 6.36. The maximum absolute atomic E-state index is 12.2. The van der Waals surface area contributed by atoms with Gasteiger partial charge in [-0.15, -0.1) is 0 Å². The van der Waals surface area contributed by atoms with E-state index in [1.165, 1.54) is 0 Å². The highest BCUT2D eigenvalue weighted by atomic mass is 35.5. The Bertz CT molecular complexity index is 1520. The van der Waals surface area contributed by atoms with Gasteiger partial charge in [0.05, 0.1) is 11.0 Å². The van der Waals surface area contributed by atoms with Crippen LogP contribution in [-0.2, 0) is 6.54 Å². The molecule has 0 unspecified atom stereocenters. The number of nitrogens with two attached hydrogens (primary N) is 1. The number of hydrogen-bond donors (Lipinski definition) is 1. The zero-order chi connectivity index (χ0) is 22.4. The molecule has 5 aromatic rings. The second-order valence-corrected chi connectivity index (χ2v) is 8.77. The Morgan fingerprint density at radius 1 is 0.906 bits per heavy atom. The first-order chi connectivity index (χ1) is 15.4. The third-order valence-corrected chi connectivity index (χ3v) is 6.50. The topological polar surface area (TPSA) is 48.0 Å². The number of fused-ring (bicyclic) bond motifs is 3.